The Morgan fingerprint density at radius 1 is 0.851 bits per heavy atom. The molecular formula is C52H58ClN6O6PS. The third kappa shape index (κ3) is 10.5. The SMILES string of the molecule is Cc1c(C(=O)O)c(-c2cccc(N3CCN(c4ccc(N5CCO[P@]5(=O)c5ccc(C[C@H](CCN(C)C)CSc6ccccc6)c([N+](=O)[O-])c5)cc4)CC3)c2)c(-c2ccc(Cl)cc2)n1C(C)C. The Morgan fingerprint density at radius 2 is 1.52 bits per heavy atom. The van der Waals surface area contributed by atoms with E-state index in [0.717, 1.165) is 78.8 Å². The van der Waals surface area contributed by atoms with E-state index < -0.39 is 13.5 Å². The molecule has 0 spiro atoms. The fourth-order valence-electron chi connectivity index (χ4n) is 9.45. The smallest absolute Gasteiger partial charge is 0.338 e. The first-order chi connectivity index (χ1) is 32.2. The molecule has 0 unspecified atom stereocenters. The molecule has 2 atom stereocenters. The lowest BCUT2D eigenvalue weighted by Gasteiger charge is -2.37. The van der Waals surface area contributed by atoms with Crippen LogP contribution in [0.4, 0.5) is 22.7 Å². The molecule has 15 heteroatoms. The maximum absolute atomic E-state index is 14.8. The molecule has 0 radical (unpaired) electrons. The Morgan fingerprint density at radius 3 is 2.16 bits per heavy atom. The van der Waals surface area contributed by atoms with Crippen LogP contribution in [0, 0.1) is 23.0 Å². The first kappa shape index (κ1) is 47.9. The van der Waals surface area contributed by atoms with Gasteiger partial charge < -0.3 is 28.9 Å². The third-order valence-corrected chi connectivity index (χ3v) is 16.8. The summed E-state index contributed by atoms with van der Waals surface area (Å²) in [6.07, 6.45) is 1.42. The maximum atomic E-state index is 14.8. The lowest BCUT2D eigenvalue weighted by Crippen LogP contribution is -2.46. The van der Waals surface area contributed by atoms with Crippen LogP contribution in [0.1, 0.15) is 47.9 Å². The fraction of sp³-hybridized carbons (Fsp3) is 0.327. The van der Waals surface area contributed by atoms with Crippen molar-refractivity contribution >= 4 is 64.9 Å². The van der Waals surface area contributed by atoms with E-state index in [2.05, 4.69) is 57.4 Å². The van der Waals surface area contributed by atoms with Gasteiger partial charge in [0.15, 0.2) is 0 Å². The van der Waals surface area contributed by atoms with Crippen LogP contribution in [-0.2, 0) is 15.5 Å². The quantitative estimate of drug-likeness (QED) is 0.0406. The molecule has 2 aliphatic heterocycles. The number of carbonyl (C=O) groups is 1. The highest BCUT2D eigenvalue weighted by molar-refractivity contribution is 7.99. The predicted molar refractivity (Wildman–Crippen MR) is 274 cm³/mol. The average molecular weight is 962 g/mol. The zero-order chi connectivity index (χ0) is 47.4. The number of carboxylic acids is 1. The number of halogens is 1. The first-order valence-electron chi connectivity index (χ1n) is 22.8. The van der Waals surface area contributed by atoms with Crippen molar-refractivity contribution in [2.45, 2.75) is 44.6 Å². The summed E-state index contributed by atoms with van der Waals surface area (Å²) < 4.78 is 24.7. The zero-order valence-electron chi connectivity index (χ0n) is 38.7. The van der Waals surface area contributed by atoms with Crippen LogP contribution < -0.4 is 19.8 Å². The van der Waals surface area contributed by atoms with Gasteiger partial charge in [0.05, 0.1) is 34.6 Å². The number of rotatable bonds is 17. The van der Waals surface area contributed by atoms with Crippen molar-refractivity contribution < 1.29 is 23.9 Å². The molecule has 2 aliphatic rings. The largest absolute Gasteiger partial charge is 0.478 e. The Hall–Kier alpha value is -5.56. The molecule has 0 aliphatic carbocycles. The number of thioether (sulfide) groups is 1. The molecule has 0 bridgehead atoms. The van der Waals surface area contributed by atoms with Gasteiger partial charge >= 0.3 is 13.5 Å². The molecule has 2 saturated heterocycles. The van der Waals surface area contributed by atoms with Crippen molar-refractivity contribution in [1.82, 2.24) is 9.47 Å². The molecule has 0 saturated carbocycles. The van der Waals surface area contributed by atoms with Crippen LogP contribution >= 0.6 is 30.9 Å². The van der Waals surface area contributed by atoms with Gasteiger partial charge in [-0.1, -0.05) is 60.1 Å². The van der Waals surface area contributed by atoms with Crippen molar-refractivity contribution in [3.05, 3.63) is 153 Å². The minimum absolute atomic E-state index is 0.0225. The molecule has 1 aromatic heterocycles. The van der Waals surface area contributed by atoms with Gasteiger partial charge in [-0.25, -0.2) is 4.79 Å². The molecule has 3 heterocycles. The second kappa shape index (κ2) is 20.8. The number of aromatic carboxylic acids is 1. The highest BCUT2D eigenvalue weighted by atomic mass is 35.5. The fourth-order valence-corrected chi connectivity index (χ4v) is 12.9. The molecular weight excluding hydrogens is 903 g/mol. The summed E-state index contributed by atoms with van der Waals surface area (Å²) in [5, 5.41) is 24.1. The second-order valence-corrected chi connectivity index (χ2v) is 21.7. The number of piperazine rings is 1. The summed E-state index contributed by atoms with van der Waals surface area (Å²) >= 11 is 8.04. The number of nitro groups is 1. The summed E-state index contributed by atoms with van der Waals surface area (Å²) in [5.74, 6) is 0.0562. The molecule has 350 valence electrons. The first-order valence-corrected chi connectivity index (χ1v) is 25.7. The Bertz CT molecular complexity index is 2760. The van der Waals surface area contributed by atoms with E-state index in [9.17, 15) is 24.6 Å². The second-order valence-electron chi connectivity index (χ2n) is 17.8. The van der Waals surface area contributed by atoms with E-state index >= 15 is 0 Å². The number of nitro benzene ring substituents is 1. The lowest BCUT2D eigenvalue weighted by molar-refractivity contribution is -0.385. The van der Waals surface area contributed by atoms with Gasteiger partial charge in [0, 0.05) is 87.8 Å². The van der Waals surface area contributed by atoms with Crippen molar-refractivity contribution in [2.75, 3.05) is 80.2 Å². The van der Waals surface area contributed by atoms with E-state index in [1.54, 1.807) is 28.6 Å². The minimum Gasteiger partial charge on any atom is -0.478 e. The molecule has 67 heavy (non-hydrogen) atoms. The molecule has 8 rings (SSSR count). The van der Waals surface area contributed by atoms with Crippen LogP contribution in [0.25, 0.3) is 22.4 Å². The van der Waals surface area contributed by atoms with Gasteiger partial charge in [-0.3, -0.25) is 19.3 Å². The molecule has 12 nitrogen and oxygen atoms in total. The number of hydrogen-bond acceptors (Lipinski definition) is 9. The number of carboxylic acid groups (broad SMARTS) is 1. The maximum Gasteiger partial charge on any atom is 0.338 e. The summed E-state index contributed by atoms with van der Waals surface area (Å²) in [6.45, 7) is 10.5. The average Bonchev–Trinajstić information content (AvgIpc) is 3.88. The van der Waals surface area contributed by atoms with E-state index in [4.69, 9.17) is 16.1 Å². The van der Waals surface area contributed by atoms with Crippen LogP contribution in [-0.4, -0.2) is 91.2 Å². The van der Waals surface area contributed by atoms with E-state index in [-0.39, 0.29) is 29.2 Å². The monoisotopic (exact) mass is 960 g/mol. The number of hydrogen-bond donors (Lipinski definition) is 1. The Labute approximate surface area is 402 Å². The summed E-state index contributed by atoms with van der Waals surface area (Å²) in [6, 6.07) is 38.9. The number of aromatic nitrogens is 1. The molecule has 2 fully saturated rings. The topological polar surface area (TPSA) is 125 Å². The van der Waals surface area contributed by atoms with Crippen LogP contribution in [0.2, 0.25) is 5.02 Å². The Kier molecular flexibility index (Phi) is 14.8. The van der Waals surface area contributed by atoms with Gasteiger partial charge in [0.1, 0.15) is 0 Å². The molecule has 5 aromatic carbocycles. The van der Waals surface area contributed by atoms with Crippen molar-refractivity contribution in [2.24, 2.45) is 5.92 Å². The van der Waals surface area contributed by atoms with Crippen LogP contribution in [0.3, 0.4) is 0 Å². The van der Waals surface area contributed by atoms with E-state index in [0.29, 0.717) is 45.7 Å². The third-order valence-electron chi connectivity index (χ3n) is 12.8. The predicted octanol–water partition coefficient (Wildman–Crippen LogP) is 11.6. The highest BCUT2D eigenvalue weighted by Gasteiger charge is 2.41. The van der Waals surface area contributed by atoms with Gasteiger partial charge in [-0.15, -0.1) is 11.8 Å². The van der Waals surface area contributed by atoms with Crippen LogP contribution in [0.15, 0.2) is 126 Å². The standard InChI is InChI=1S/C52H58ClN6O6PS/c1-36(2)58-37(3)49(52(60)61)50(51(58)39-14-17-42(53)18-15-39)41-10-9-11-45(33-41)56-28-26-55(27-29-56)43-19-21-44(22-20-43)57-30-31-65-66(57,64)46-23-16-40(48(34-46)59(62)63)32-38(24-25-54(4)5)35-67-47-12-7-6-8-13-47/h6-23,33-34,36,38H,24-32,35H2,1-5H3,(H,60,61)/t38-,66+/m0/s1. The lowest BCUT2D eigenvalue weighted by atomic mass is 9.96. The number of benzene rings is 5. The normalized spacial score (nSPS) is 16.9. The minimum atomic E-state index is -3.65. The molecule has 6 aromatic rings. The Balaban J connectivity index is 0.966. The van der Waals surface area contributed by atoms with Gasteiger partial charge in [-0.2, -0.15) is 0 Å². The van der Waals surface area contributed by atoms with Crippen molar-refractivity contribution in [3.63, 3.8) is 0 Å². The summed E-state index contributed by atoms with van der Waals surface area (Å²) in [5.41, 5.74) is 7.67. The summed E-state index contributed by atoms with van der Waals surface area (Å²) in [4.78, 5) is 33.1. The van der Waals surface area contributed by atoms with Crippen molar-refractivity contribution in [3.8, 4) is 22.4 Å². The number of nitrogens with zero attached hydrogens (tertiary/aromatic N) is 6. The molecule has 1 N–H and O–H groups in total. The molecule has 0 amide bonds. The summed E-state index contributed by atoms with van der Waals surface area (Å²) in [7, 11) is 0.423. The van der Waals surface area contributed by atoms with Crippen molar-refractivity contribution in [1.29, 1.82) is 0 Å². The highest BCUT2D eigenvalue weighted by Crippen LogP contribution is 2.56. The van der Waals surface area contributed by atoms with Gasteiger partial charge in [0.2, 0.25) is 0 Å². The van der Waals surface area contributed by atoms with E-state index in [1.165, 1.54) is 11.0 Å². The van der Waals surface area contributed by atoms with Gasteiger partial charge in [-0.05, 0) is 138 Å². The van der Waals surface area contributed by atoms with Crippen LogP contribution in [0.5, 0.6) is 0 Å². The van der Waals surface area contributed by atoms with Gasteiger partial charge in [0.25, 0.3) is 5.69 Å². The van der Waals surface area contributed by atoms with E-state index in [1.807, 2.05) is 99.9 Å². The zero-order valence-corrected chi connectivity index (χ0v) is 41.1. The number of anilines is 3.